The maximum atomic E-state index is 12.1. The fourth-order valence-corrected chi connectivity index (χ4v) is 2.51. The summed E-state index contributed by atoms with van der Waals surface area (Å²) in [5, 5.41) is 3.22. The normalized spacial score (nSPS) is 24.4. The molecule has 0 spiro atoms. The minimum atomic E-state index is -0.00812. The number of ether oxygens (including phenoxy) is 1. The molecule has 18 heavy (non-hydrogen) atoms. The summed E-state index contributed by atoms with van der Waals surface area (Å²) in [6.07, 6.45) is 2.00. The number of carbonyl (C=O) groups is 2. The van der Waals surface area contributed by atoms with Crippen LogP contribution in [0.3, 0.4) is 0 Å². The van der Waals surface area contributed by atoms with Crippen molar-refractivity contribution in [1.29, 1.82) is 0 Å². The molecule has 0 saturated carbocycles. The minimum absolute atomic E-state index is 0.00332. The lowest BCUT2D eigenvalue weighted by atomic mass is 10.2. The Kier molecular flexibility index (Phi) is 4.54. The number of nitrogens with one attached hydrogen (secondary N) is 1. The Balaban J connectivity index is 1.79. The summed E-state index contributed by atoms with van der Waals surface area (Å²) in [4.78, 5) is 27.4. The van der Waals surface area contributed by atoms with Gasteiger partial charge in [0.05, 0.1) is 6.04 Å². The first-order chi connectivity index (χ1) is 8.72. The van der Waals surface area contributed by atoms with E-state index in [0.29, 0.717) is 26.2 Å². The smallest absolute Gasteiger partial charge is 0.248 e. The molecule has 0 aliphatic carbocycles. The zero-order valence-electron chi connectivity index (χ0n) is 10.9. The molecule has 2 aliphatic heterocycles. The summed E-state index contributed by atoms with van der Waals surface area (Å²) in [7, 11) is 1.52. The molecule has 2 saturated heterocycles. The highest BCUT2D eigenvalue weighted by Gasteiger charge is 2.30. The third-order valence-electron chi connectivity index (χ3n) is 3.57. The second-order valence-electron chi connectivity index (χ2n) is 4.79. The van der Waals surface area contributed by atoms with Crippen LogP contribution in [0.1, 0.15) is 12.8 Å². The predicted octanol–water partition coefficient (Wildman–Crippen LogP) is -0.944. The van der Waals surface area contributed by atoms with Gasteiger partial charge in [-0.3, -0.25) is 9.59 Å². The average molecular weight is 255 g/mol. The fourth-order valence-electron chi connectivity index (χ4n) is 2.51. The van der Waals surface area contributed by atoms with Crippen molar-refractivity contribution in [3.63, 3.8) is 0 Å². The van der Waals surface area contributed by atoms with Crippen LogP contribution in [0.25, 0.3) is 0 Å². The zero-order valence-corrected chi connectivity index (χ0v) is 10.9. The van der Waals surface area contributed by atoms with Gasteiger partial charge in [0.2, 0.25) is 11.8 Å². The molecule has 0 unspecified atom stereocenters. The van der Waals surface area contributed by atoms with Gasteiger partial charge in [0.15, 0.2) is 0 Å². The van der Waals surface area contributed by atoms with E-state index in [1.807, 2.05) is 4.90 Å². The number of nitrogens with zero attached hydrogens (tertiary/aromatic N) is 2. The summed E-state index contributed by atoms with van der Waals surface area (Å²) in [6.45, 7) is 3.54. The van der Waals surface area contributed by atoms with Crippen molar-refractivity contribution in [3.8, 4) is 0 Å². The Hall–Kier alpha value is -1.14. The van der Waals surface area contributed by atoms with Gasteiger partial charge in [0, 0.05) is 33.3 Å². The Morgan fingerprint density at radius 2 is 1.89 bits per heavy atom. The molecular weight excluding hydrogens is 234 g/mol. The highest BCUT2D eigenvalue weighted by atomic mass is 16.5. The number of hydrogen-bond donors (Lipinski definition) is 1. The number of rotatable bonds is 3. The van der Waals surface area contributed by atoms with Crippen molar-refractivity contribution in [3.05, 3.63) is 0 Å². The van der Waals surface area contributed by atoms with Crippen LogP contribution in [0.2, 0.25) is 0 Å². The van der Waals surface area contributed by atoms with Crippen molar-refractivity contribution in [2.24, 2.45) is 0 Å². The van der Waals surface area contributed by atoms with Gasteiger partial charge < -0.3 is 19.9 Å². The van der Waals surface area contributed by atoms with Crippen LogP contribution in [-0.2, 0) is 14.3 Å². The SMILES string of the molecule is COCC(=O)N1CCN(C(=O)[C@@H]2CCCN2)CC1. The molecule has 6 nitrogen and oxygen atoms in total. The van der Waals surface area contributed by atoms with Crippen molar-refractivity contribution in [1.82, 2.24) is 15.1 Å². The van der Waals surface area contributed by atoms with E-state index in [1.54, 1.807) is 4.90 Å². The maximum Gasteiger partial charge on any atom is 0.248 e. The highest BCUT2D eigenvalue weighted by molar-refractivity contribution is 5.83. The quantitative estimate of drug-likeness (QED) is 0.707. The van der Waals surface area contributed by atoms with Gasteiger partial charge in [-0.2, -0.15) is 0 Å². The van der Waals surface area contributed by atoms with E-state index in [-0.39, 0.29) is 24.5 Å². The molecule has 0 radical (unpaired) electrons. The molecule has 2 amide bonds. The molecule has 2 heterocycles. The summed E-state index contributed by atoms with van der Waals surface area (Å²) in [6, 6.07) is -0.00812. The third kappa shape index (κ3) is 3.00. The van der Waals surface area contributed by atoms with Gasteiger partial charge in [0.25, 0.3) is 0 Å². The van der Waals surface area contributed by atoms with Crippen molar-refractivity contribution in [2.75, 3.05) is 46.4 Å². The molecule has 1 N–H and O–H groups in total. The second-order valence-corrected chi connectivity index (χ2v) is 4.79. The van der Waals surface area contributed by atoms with Crippen molar-refractivity contribution in [2.45, 2.75) is 18.9 Å². The number of hydrogen-bond acceptors (Lipinski definition) is 4. The van der Waals surface area contributed by atoms with E-state index in [9.17, 15) is 9.59 Å². The molecular formula is C12H21N3O3. The van der Waals surface area contributed by atoms with E-state index < -0.39 is 0 Å². The lowest BCUT2D eigenvalue weighted by molar-refractivity contribution is -0.142. The molecule has 1 atom stereocenters. The molecule has 102 valence electrons. The lowest BCUT2D eigenvalue weighted by Crippen LogP contribution is -2.54. The lowest BCUT2D eigenvalue weighted by Gasteiger charge is -2.35. The number of carbonyl (C=O) groups excluding carboxylic acids is 2. The molecule has 6 heteroatoms. The highest BCUT2D eigenvalue weighted by Crippen LogP contribution is 2.11. The molecule has 2 aliphatic rings. The van der Waals surface area contributed by atoms with Crippen LogP contribution < -0.4 is 5.32 Å². The van der Waals surface area contributed by atoms with Gasteiger partial charge in [-0.15, -0.1) is 0 Å². The first-order valence-electron chi connectivity index (χ1n) is 6.51. The Labute approximate surface area is 107 Å². The van der Waals surface area contributed by atoms with Crippen LogP contribution in [0, 0.1) is 0 Å². The monoisotopic (exact) mass is 255 g/mol. The molecule has 2 fully saturated rings. The van der Waals surface area contributed by atoms with Crippen molar-refractivity contribution < 1.29 is 14.3 Å². The Bertz CT molecular complexity index is 308. The average Bonchev–Trinajstić information content (AvgIpc) is 2.92. The second kappa shape index (κ2) is 6.15. The van der Waals surface area contributed by atoms with Gasteiger partial charge in [-0.05, 0) is 19.4 Å². The van der Waals surface area contributed by atoms with E-state index in [2.05, 4.69) is 5.32 Å². The molecule has 0 bridgehead atoms. The topological polar surface area (TPSA) is 61.9 Å². The molecule has 2 rings (SSSR count). The largest absolute Gasteiger partial charge is 0.375 e. The first-order valence-corrected chi connectivity index (χ1v) is 6.51. The maximum absolute atomic E-state index is 12.1. The van der Waals surface area contributed by atoms with E-state index in [0.717, 1.165) is 19.4 Å². The van der Waals surface area contributed by atoms with E-state index in [4.69, 9.17) is 4.74 Å². The third-order valence-corrected chi connectivity index (χ3v) is 3.57. The van der Waals surface area contributed by atoms with E-state index >= 15 is 0 Å². The van der Waals surface area contributed by atoms with Crippen LogP contribution in [0.4, 0.5) is 0 Å². The summed E-state index contributed by atoms with van der Waals surface area (Å²) < 4.78 is 4.83. The minimum Gasteiger partial charge on any atom is -0.375 e. The summed E-state index contributed by atoms with van der Waals surface area (Å²) in [5.41, 5.74) is 0. The summed E-state index contributed by atoms with van der Waals surface area (Å²) >= 11 is 0. The van der Waals surface area contributed by atoms with E-state index in [1.165, 1.54) is 7.11 Å². The standard InChI is InChI=1S/C12H21N3O3/c1-18-9-11(16)14-5-7-15(8-6-14)12(17)10-3-2-4-13-10/h10,13H,2-9H2,1H3/t10-/m0/s1. The van der Waals surface area contributed by atoms with Crippen molar-refractivity contribution >= 4 is 11.8 Å². The van der Waals surface area contributed by atoms with Gasteiger partial charge >= 0.3 is 0 Å². The first kappa shape index (κ1) is 13.3. The predicted molar refractivity (Wildman–Crippen MR) is 66.1 cm³/mol. The van der Waals surface area contributed by atoms with Crippen LogP contribution >= 0.6 is 0 Å². The molecule has 0 aromatic carbocycles. The number of amides is 2. The van der Waals surface area contributed by atoms with Crippen LogP contribution in [0.15, 0.2) is 0 Å². The molecule has 0 aromatic heterocycles. The number of piperazine rings is 1. The molecule has 0 aromatic rings. The zero-order chi connectivity index (χ0) is 13.0. The van der Waals surface area contributed by atoms with Crippen LogP contribution in [-0.4, -0.2) is 74.1 Å². The van der Waals surface area contributed by atoms with Crippen LogP contribution in [0.5, 0.6) is 0 Å². The Morgan fingerprint density at radius 3 is 2.44 bits per heavy atom. The fraction of sp³-hybridized carbons (Fsp3) is 0.833. The van der Waals surface area contributed by atoms with Gasteiger partial charge in [-0.1, -0.05) is 0 Å². The number of methoxy groups -OCH3 is 1. The summed E-state index contributed by atoms with van der Waals surface area (Å²) in [5.74, 6) is 0.190. The van der Waals surface area contributed by atoms with Gasteiger partial charge in [-0.25, -0.2) is 0 Å². The Morgan fingerprint density at radius 1 is 1.22 bits per heavy atom. The van der Waals surface area contributed by atoms with Gasteiger partial charge in [0.1, 0.15) is 6.61 Å².